The highest BCUT2D eigenvalue weighted by molar-refractivity contribution is 5.90. The largest absolute Gasteiger partial charge is 0.388 e. The highest BCUT2D eigenvalue weighted by Crippen LogP contribution is 2.34. The summed E-state index contributed by atoms with van der Waals surface area (Å²) >= 11 is 0. The molecule has 0 spiro atoms. The Morgan fingerprint density at radius 1 is 0.900 bits per heavy atom. The minimum atomic E-state index is -0.864. The van der Waals surface area contributed by atoms with Crippen LogP contribution >= 0.6 is 0 Å². The number of aromatic nitrogens is 4. The first-order chi connectivity index (χ1) is 14.6. The highest BCUT2D eigenvalue weighted by Gasteiger charge is 2.30. The van der Waals surface area contributed by atoms with E-state index < -0.39 is 5.60 Å². The molecular weight excluding hydrogens is 376 g/mol. The van der Waals surface area contributed by atoms with E-state index in [0.717, 1.165) is 41.6 Å². The molecule has 1 fully saturated rings. The molecule has 1 aliphatic rings. The van der Waals surface area contributed by atoms with Gasteiger partial charge in [0.15, 0.2) is 0 Å². The van der Waals surface area contributed by atoms with Crippen LogP contribution < -0.4 is 5.56 Å². The molecule has 1 aliphatic carbocycles. The van der Waals surface area contributed by atoms with Crippen molar-refractivity contribution < 1.29 is 5.11 Å². The Bertz CT molecular complexity index is 1240. The molecule has 1 aromatic carbocycles. The van der Waals surface area contributed by atoms with Gasteiger partial charge in [0.05, 0.1) is 28.9 Å². The Morgan fingerprint density at radius 2 is 1.67 bits per heavy atom. The number of aliphatic hydroxyl groups is 1. The molecule has 3 aromatic heterocycles. The Labute approximate surface area is 174 Å². The predicted octanol–water partition coefficient (Wildman–Crippen LogP) is 3.92. The third-order valence-electron chi connectivity index (χ3n) is 5.94. The molecule has 0 atom stereocenters. The Morgan fingerprint density at radius 3 is 2.47 bits per heavy atom. The summed E-state index contributed by atoms with van der Waals surface area (Å²) in [6.07, 6.45) is 6.42. The van der Waals surface area contributed by atoms with Crippen LogP contribution in [-0.4, -0.2) is 30.1 Å². The number of rotatable bonds is 4. The minimum absolute atomic E-state index is 0.199. The summed E-state index contributed by atoms with van der Waals surface area (Å²) in [7, 11) is 0. The fourth-order valence-electron chi connectivity index (χ4n) is 4.39. The van der Waals surface area contributed by atoms with Gasteiger partial charge in [0.25, 0.3) is 5.56 Å². The summed E-state index contributed by atoms with van der Waals surface area (Å²) in [5, 5.41) is 20.4. The Hall–Kier alpha value is -3.25. The molecule has 0 unspecified atom stereocenters. The number of nitrogens with zero attached hydrogens (tertiary/aromatic N) is 4. The van der Waals surface area contributed by atoms with Gasteiger partial charge in [-0.1, -0.05) is 55.7 Å². The number of fused-ring (bicyclic) bond motifs is 1. The van der Waals surface area contributed by atoms with Crippen LogP contribution in [0.2, 0.25) is 0 Å². The maximum atomic E-state index is 12.5. The van der Waals surface area contributed by atoms with E-state index in [4.69, 9.17) is 5.10 Å². The van der Waals surface area contributed by atoms with E-state index in [1.54, 1.807) is 6.07 Å². The summed E-state index contributed by atoms with van der Waals surface area (Å²) in [5.74, 6) is 0. The lowest BCUT2D eigenvalue weighted by atomic mass is 9.85. The van der Waals surface area contributed by atoms with Crippen molar-refractivity contribution in [2.75, 3.05) is 0 Å². The van der Waals surface area contributed by atoms with Crippen molar-refractivity contribution in [2.24, 2.45) is 0 Å². The fraction of sp³-hybridized carbons (Fsp3) is 0.292. The smallest absolute Gasteiger partial charge is 0.266 e. The van der Waals surface area contributed by atoms with Gasteiger partial charge < -0.3 is 5.11 Å². The van der Waals surface area contributed by atoms with Gasteiger partial charge >= 0.3 is 0 Å². The lowest BCUT2D eigenvalue weighted by Gasteiger charge is -2.32. The van der Waals surface area contributed by atoms with Gasteiger partial charge in [-0.25, -0.2) is 9.20 Å². The SMILES string of the molecule is O=c1ccc(-c2c(-c3ccccc3)nn3ccccc23)nn1CC1(O)CCCCC1. The van der Waals surface area contributed by atoms with Gasteiger partial charge in [0.1, 0.15) is 5.69 Å². The Kier molecular flexibility index (Phi) is 4.71. The van der Waals surface area contributed by atoms with E-state index in [-0.39, 0.29) is 12.1 Å². The van der Waals surface area contributed by atoms with E-state index >= 15 is 0 Å². The van der Waals surface area contributed by atoms with E-state index in [1.807, 2.05) is 59.2 Å². The first kappa shape index (κ1) is 18.8. The minimum Gasteiger partial charge on any atom is -0.388 e. The zero-order valence-electron chi connectivity index (χ0n) is 16.7. The zero-order valence-corrected chi connectivity index (χ0v) is 16.7. The van der Waals surface area contributed by atoms with Crippen LogP contribution in [0.25, 0.3) is 28.0 Å². The van der Waals surface area contributed by atoms with Gasteiger partial charge in [-0.2, -0.15) is 10.2 Å². The molecule has 3 heterocycles. The number of pyridine rings is 1. The van der Waals surface area contributed by atoms with Crippen molar-refractivity contribution in [2.45, 2.75) is 44.2 Å². The monoisotopic (exact) mass is 400 g/mol. The normalized spacial score (nSPS) is 16.0. The first-order valence-electron chi connectivity index (χ1n) is 10.5. The molecule has 30 heavy (non-hydrogen) atoms. The fourth-order valence-corrected chi connectivity index (χ4v) is 4.39. The summed E-state index contributed by atoms with van der Waals surface area (Å²) in [6, 6.07) is 19.2. The quantitative estimate of drug-likeness (QED) is 0.564. The molecule has 1 N–H and O–H groups in total. The lowest BCUT2D eigenvalue weighted by Crippen LogP contribution is -2.40. The third kappa shape index (κ3) is 3.44. The molecule has 5 rings (SSSR count). The molecule has 4 aromatic rings. The predicted molar refractivity (Wildman–Crippen MR) is 116 cm³/mol. The van der Waals surface area contributed by atoms with E-state index in [1.165, 1.54) is 10.7 Å². The van der Waals surface area contributed by atoms with Crippen molar-refractivity contribution >= 4 is 5.52 Å². The molecule has 0 aliphatic heterocycles. The highest BCUT2D eigenvalue weighted by atomic mass is 16.3. The van der Waals surface area contributed by atoms with Gasteiger partial charge in [-0.15, -0.1) is 0 Å². The second-order valence-corrected chi connectivity index (χ2v) is 8.12. The maximum Gasteiger partial charge on any atom is 0.266 e. The summed E-state index contributed by atoms with van der Waals surface area (Å²) in [6.45, 7) is 0.222. The molecule has 1 saturated carbocycles. The topological polar surface area (TPSA) is 72.4 Å². The maximum absolute atomic E-state index is 12.5. The molecule has 0 bridgehead atoms. The van der Waals surface area contributed by atoms with E-state index in [9.17, 15) is 9.90 Å². The number of hydrogen-bond donors (Lipinski definition) is 1. The molecule has 152 valence electrons. The number of hydrogen-bond acceptors (Lipinski definition) is 4. The molecule has 0 radical (unpaired) electrons. The van der Waals surface area contributed by atoms with Gasteiger partial charge in [-0.05, 0) is 31.0 Å². The number of benzene rings is 1. The molecule has 0 saturated heterocycles. The van der Waals surface area contributed by atoms with Crippen LogP contribution in [0.15, 0.2) is 71.7 Å². The van der Waals surface area contributed by atoms with Crippen LogP contribution in [0, 0.1) is 0 Å². The first-order valence-corrected chi connectivity index (χ1v) is 10.5. The molecular formula is C24H24N4O2. The second kappa shape index (κ2) is 7.54. The average molecular weight is 400 g/mol. The van der Waals surface area contributed by atoms with Crippen LogP contribution in [0.4, 0.5) is 0 Å². The standard InChI is InChI=1S/C24H24N4O2/c29-21-13-12-19(25-28(21)17-24(30)14-6-2-7-15-24)22-20-11-5-8-16-27(20)26-23(22)18-9-3-1-4-10-18/h1,3-5,8-13,16,30H,2,6-7,14-15,17H2. The van der Waals surface area contributed by atoms with Crippen LogP contribution in [-0.2, 0) is 6.54 Å². The third-order valence-corrected chi connectivity index (χ3v) is 5.94. The van der Waals surface area contributed by atoms with Crippen molar-refractivity contribution in [3.63, 3.8) is 0 Å². The second-order valence-electron chi connectivity index (χ2n) is 8.12. The van der Waals surface area contributed by atoms with Gasteiger partial charge in [0.2, 0.25) is 0 Å². The van der Waals surface area contributed by atoms with Gasteiger partial charge in [-0.3, -0.25) is 4.79 Å². The van der Waals surface area contributed by atoms with Crippen LogP contribution in [0.1, 0.15) is 32.1 Å². The van der Waals surface area contributed by atoms with Gasteiger partial charge in [0, 0.05) is 17.8 Å². The average Bonchev–Trinajstić information content (AvgIpc) is 3.16. The summed E-state index contributed by atoms with van der Waals surface area (Å²) < 4.78 is 3.26. The van der Waals surface area contributed by atoms with Crippen molar-refractivity contribution in [1.29, 1.82) is 0 Å². The van der Waals surface area contributed by atoms with Crippen LogP contribution in [0.5, 0.6) is 0 Å². The zero-order chi connectivity index (χ0) is 20.6. The van der Waals surface area contributed by atoms with Crippen LogP contribution in [0.3, 0.4) is 0 Å². The Balaban J connectivity index is 1.65. The summed E-state index contributed by atoms with van der Waals surface area (Å²) in [5.41, 5.74) is 3.22. The molecule has 6 heteroatoms. The summed E-state index contributed by atoms with van der Waals surface area (Å²) in [4.78, 5) is 12.5. The van der Waals surface area contributed by atoms with Crippen molar-refractivity contribution in [1.82, 2.24) is 19.4 Å². The lowest BCUT2D eigenvalue weighted by molar-refractivity contribution is -0.0153. The van der Waals surface area contributed by atoms with Crippen molar-refractivity contribution in [3.8, 4) is 22.5 Å². The van der Waals surface area contributed by atoms with Crippen molar-refractivity contribution in [3.05, 3.63) is 77.2 Å². The molecule has 6 nitrogen and oxygen atoms in total. The van der Waals surface area contributed by atoms with E-state index in [2.05, 4.69) is 5.10 Å². The molecule has 0 amide bonds. The van der Waals surface area contributed by atoms with E-state index in [0.29, 0.717) is 18.5 Å².